The Morgan fingerprint density at radius 2 is 2.20 bits per heavy atom. The lowest BCUT2D eigenvalue weighted by molar-refractivity contribution is -0.145. The molecular formula is C17H22O3. The lowest BCUT2D eigenvalue weighted by Crippen LogP contribution is -2.11. The number of carbonyl (C=O) groups excluding carboxylic acids is 1. The van der Waals surface area contributed by atoms with Crippen molar-refractivity contribution in [3.63, 3.8) is 0 Å². The van der Waals surface area contributed by atoms with Crippen LogP contribution in [0.2, 0.25) is 0 Å². The van der Waals surface area contributed by atoms with Gasteiger partial charge in [0.15, 0.2) is 0 Å². The van der Waals surface area contributed by atoms with Crippen molar-refractivity contribution in [1.82, 2.24) is 0 Å². The number of esters is 1. The molecule has 20 heavy (non-hydrogen) atoms. The molecule has 3 rings (SSSR count). The van der Waals surface area contributed by atoms with Crippen molar-refractivity contribution in [2.45, 2.75) is 39.0 Å². The third-order valence-corrected chi connectivity index (χ3v) is 4.43. The van der Waals surface area contributed by atoms with Gasteiger partial charge in [-0.05, 0) is 48.9 Å². The standard InChI is InChI=1S/C17H22O3/c1-3-5-8-20-12-7-6-11-9-14-15(13(11)10-12)16(14)17(18)19-4-2/h6-7,10,14-16H,3-5,8-9H2,1-2H3. The van der Waals surface area contributed by atoms with Crippen LogP contribution in [0.3, 0.4) is 0 Å². The molecule has 1 aromatic rings. The van der Waals surface area contributed by atoms with Gasteiger partial charge >= 0.3 is 5.97 Å². The fraction of sp³-hybridized carbons (Fsp3) is 0.588. The lowest BCUT2D eigenvalue weighted by Gasteiger charge is -2.10. The first-order chi connectivity index (χ1) is 9.76. The van der Waals surface area contributed by atoms with Gasteiger partial charge in [-0.1, -0.05) is 19.4 Å². The van der Waals surface area contributed by atoms with Gasteiger partial charge in [0.2, 0.25) is 0 Å². The molecule has 0 heterocycles. The Labute approximate surface area is 120 Å². The van der Waals surface area contributed by atoms with Crippen LogP contribution in [0.25, 0.3) is 0 Å². The number of hydrogen-bond donors (Lipinski definition) is 0. The summed E-state index contributed by atoms with van der Waals surface area (Å²) in [5.74, 6) is 1.85. The molecule has 3 atom stereocenters. The number of hydrogen-bond acceptors (Lipinski definition) is 3. The number of fused-ring (bicyclic) bond motifs is 3. The Morgan fingerprint density at radius 1 is 1.35 bits per heavy atom. The number of ether oxygens (including phenoxy) is 2. The molecule has 1 fully saturated rings. The van der Waals surface area contributed by atoms with Gasteiger partial charge in [-0.2, -0.15) is 0 Å². The maximum Gasteiger partial charge on any atom is 0.309 e. The molecule has 0 radical (unpaired) electrons. The first-order valence-corrected chi connectivity index (χ1v) is 7.68. The maximum atomic E-state index is 11.9. The predicted molar refractivity (Wildman–Crippen MR) is 76.9 cm³/mol. The molecule has 0 bridgehead atoms. The van der Waals surface area contributed by atoms with Crippen molar-refractivity contribution in [2.24, 2.45) is 11.8 Å². The first kappa shape index (κ1) is 13.5. The highest BCUT2D eigenvalue weighted by Crippen LogP contribution is 2.62. The first-order valence-electron chi connectivity index (χ1n) is 7.68. The summed E-state index contributed by atoms with van der Waals surface area (Å²) in [5, 5.41) is 0. The van der Waals surface area contributed by atoms with E-state index < -0.39 is 0 Å². The lowest BCUT2D eigenvalue weighted by atomic mass is 10.0. The predicted octanol–water partition coefficient (Wildman–Crippen LogP) is 3.31. The van der Waals surface area contributed by atoms with Crippen molar-refractivity contribution >= 4 is 5.97 Å². The molecule has 3 nitrogen and oxygen atoms in total. The highest BCUT2D eigenvalue weighted by molar-refractivity contribution is 5.79. The topological polar surface area (TPSA) is 35.5 Å². The van der Waals surface area contributed by atoms with E-state index in [1.165, 1.54) is 11.1 Å². The third-order valence-electron chi connectivity index (χ3n) is 4.43. The summed E-state index contributed by atoms with van der Waals surface area (Å²) in [5.41, 5.74) is 2.69. The van der Waals surface area contributed by atoms with Gasteiger partial charge in [-0.25, -0.2) is 0 Å². The molecule has 0 aromatic heterocycles. The van der Waals surface area contributed by atoms with E-state index in [4.69, 9.17) is 9.47 Å². The molecule has 2 aliphatic rings. The largest absolute Gasteiger partial charge is 0.494 e. The fourth-order valence-electron chi connectivity index (χ4n) is 3.36. The van der Waals surface area contributed by atoms with E-state index >= 15 is 0 Å². The SMILES string of the molecule is CCCCOc1ccc2c(c1)C1C(C2)C1C(=O)OCC. The second kappa shape index (κ2) is 5.47. The summed E-state index contributed by atoms with van der Waals surface area (Å²) in [6, 6.07) is 6.35. The zero-order valence-electron chi connectivity index (χ0n) is 12.2. The highest BCUT2D eigenvalue weighted by atomic mass is 16.5. The van der Waals surface area contributed by atoms with Crippen molar-refractivity contribution in [2.75, 3.05) is 13.2 Å². The summed E-state index contributed by atoms with van der Waals surface area (Å²) in [7, 11) is 0. The minimum Gasteiger partial charge on any atom is -0.494 e. The quantitative estimate of drug-likeness (QED) is 0.589. The molecule has 0 N–H and O–H groups in total. The molecule has 0 aliphatic heterocycles. The average molecular weight is 274 g/mol. The van der Waals surface area contributed by atoms with Crippen LogP contribution in [0.4, 0.5) is 0 Å². The Morgan fingerprint density at radius 3 is 2.95 bits per heavy atom. The summed E-state index contributed by atoms with van der Waals surface area (Å²) in [4.78, 5) is 11.9. The van der Waals surface area contributed by atoms with Crippen molar-refractivity contribution < 1.29 is 14.3 Å². The van der Waals surface area contributed by atoms with Crippen molar-refractivity contribution in [1.29, 1.82) is 0 Å². The van der Waals surface area contributed by atoms with Crippen LogP contribution in [-0.2, 0) is 16.0 Å². The smallest absolute Gasteiger partial charge is 0.309 e. The highest BCUT2D eigenvalue weighted by Gasteiger charge is 2.60. The van der Waals surface area contributed by atoms with Crippen LogP contribution >= 0.6 is 0 Å². The Bertz CT molecular complexity index is 509. The van der Waals surface area contributed by atoms with Crippen molar-refractivity contribution in [3.05, 3.63) is 29.3 Å². The van der Waals surface area contributed by atoms with Crippen molar-refractivity contribution in [3.8, 4) is 5.75 Å². The van der Waals surface area contributed by atoms with Crippen LogP contribution in [0.1, 0.15) is 43.7 Å². The molecule has 0 saturated heterocycles. The van der Waals surface area contributed by atoms with Gasteiger partial charge < -0.3 is 9.47 Å². The third kappa shape index (κ3) is 2.30. The van der Waals surface area contributed by atoms with E-state index in [1.807, 2.05) is 6.92 Å². The molecule has 108 valence electrons. The van der Waals surface area contributed by atoms with E-state index in [0.29, 0.717) is 18.4 Å². The molecule has 3 unspecified atom stereocenters. The normalized spacial score (nSPS) is 25.8. The number of rotatable bonds is 6. The number of benzene rings is 1. The fourth-order valence-corrected chi connectivity index (χ4v) is 3.36. The van der Waals surface area contributed by atoms with Gasteiger partial charge in [0, 0.05) is 5.92 Å². The minimum atomic E-state index is -0.0227. The van der Waals surface area contributed by atoms with Crippen LogP contribution in [0.15, 0.2) is 18.2 Å². The van der Waals surface area contributed by atoms with Gasteiger partial charge in [0.25, 0.3) is 0 Å². The number of unbranched alkanes of at least 4 members (excludes halogenated alkanes) is 1. The van der Waals surface area contributed by atoms with E-state index in [1.54, 1.807) is 0 Å². The number of carbonyl (C=O) groups is 1. The van der Waals surface area contributed by atoms with Crippen LogP contribution < -0.4 is 4.74 Å². The van der Waals surface area contributed by atoms with Crippen LogP contribution in [-0.4, -0.2) is 19.2 Å². The molecule has 2 aliphatic carbocycles. The van der Waals surface area contributed by atoms with Crippen LogP contribution in [0, 0.1) is 11.8 Å². The van der Waals surface area contributed by atoms with Gasteiger partial charge in [-0.15, -0.1) is 0 Å². The monoisotopic (exact) mass is 274 g/mol. The zero-order valence-corrected chi connectivity index (χ0v) is 12.2. The van der Waals surface area contributed by atoms with Gasteiger partial charge in [0.05, 0.1) is 19.1 Å². The Kier molecular flexibility index (Phi) is 3.68. The second-order valence-corrected chi connectivity index (χ2v) is 5.73. The van der Waals surface area contributed by atoms with Gasteiger partial charge in [0.1, 0.15) is 5.75 Å². The summed E-state index contributed by atoms with van der Waals surface area (Å²) < 4.78 is 10.9. The minimum absolute atomic E-state index is 0.0227. The Balaban J connectivity index is 1.69. The molecule has 0 spiro atoms. The van der Waals surface area contributed by atoms with E-state index in [0.717, 1.165) is 31.6 Å². The Hall–Kier alpha value is -1.51. The van der Waals surface area contributed by atoms with Gasteiger partial charge in [-0.3, -0.25) is 4.79 Å². The van der Waals surface area contributed by atoms with Crippen LogP contribution in [0.5, 0.6) is 5.75 Å². The average Bonchev–Trinajstić information content (AvgIpc) is 3.04. The molecule has 0 amide bonds. The van der Waals surface area contributed by atoms with E-state index in [-0.39, 0.29) is 11.9 Å². The molecule has 1 saturated carbocycles. The maximum absolute atomic E-state index is 11.9. The van der Waals surface area contributed by atoms with E-state index in [9.17, 15) is 4.79 Å². The summed E-state index contributed by atoms with van der Waals surface area (Å²) in [6.07, 6.45) is 3.23. The zero-order chi connectivity index (χ0) is 14.1. The molecular weight excluding hydrogens is 252 g/mol. The summed E-state index contributed by atoms with van der Waals surface area (Å²) in [6.45, 7) is 5.26. The molecule has 1 aromatic carbocycles. The second-order valence-electron chi connectivity index (χ2n) is 5.73. The summed E-state index contributed by atoms with van der Waals surface area (Å²) >= 11 is 0. The molecule has 3 heteroatoms. The van der Waals surface area contributed by atoms with E-state index in [2.05, 4.69) is 25.1 Å².